The van der Waals surface area contributed by atoms with E-state index >= 15 is 0 Å². The van der Waals surface area contributed by atoms with E-state index in [0.717, 1.165) is 36.2 Å². The quantitative estimate of drug-likeness (QED) is 0.800. The van der Waals surface area contributed by atoms with Gasteiger partial charge < -0.3 is 10.1 Å². The Morgan fingerprint density at radius 2 is 2.07 bits per heavy atom. The van der Waals surface area contributed by atoms with E-state index in [1.807, 2.05) is 25.1 Å². The predicted molar refractivity (Wildman–Crippen MR) is 96.8 cm³/mol. The van der Waals surface area contributed by atoms with Crippen molar-refractivity contribution in [2.75, 3.05) is 32.1 Å². The van der Waals surface area contributed by atoms with Gasteiger partial charge in [-0.1, -0.05) is 17.7 Å². The molecule has 4 aliphatic heterocycles. The average molecular weight is 369 g/mol. The highest BCUT2D eigenvalue weighted by Gasteiger charge is 2.74. The molecule has 0 bridgehead atoms. The van der Waals surface area contributed by atoms with Crippen LogP contribution in [0.15, 0.2) is 18.2 Å². The molecule has 3 fully saturated rings. The topological polar surface area (TPSA) is 79.0 Å². The van der Waals surface area contributed by atoms with Crippen molar-refractivity contribution in [1.82, 2.24) is 9.80 Å². The van der Waals surface area contributed by atoms with Gasteiger partial charge in [0.25, 0.3) is 0 Å². The smallest absolute Gasteiger partial charge is 0.250 e. The SMILES string of the molecule is COCCN1C(=O)C2C3CCCN3C3(C(=O)Nc4ccc(C)cc43)C2C1=O. The van der Waals surface area contributed by atoms with Crippen LogP contribution < -0.4 is 5.32 Å². The number of nitrogens with one attached hydrogen (secondary N) is 1. The molecule has 0 radical (unpaired) electrons. The third-order valence-electron chi connectivity index (χ3n) is 6.76. The summed E-state index contributed by atoms with van der Waals surface area (Å²) in [7, 11) is 1.55. The van der Waals surface area contributed by atoms with Crippen molar-refractivity contribution in [1.29, 1.82) is 0 Å². The lowest BCUT2D eigenvalue weighted by molar-refractivity contribution is -0.146. The van der Waals surface area contributed by atoms with Gasteiger partial charge in [0.05, 0.1) is 25.0 Å². The van der Waals surface area contributed by atoms with E-state index in [-0.39, 0.29) is 30.3 Å². The highest BCUT2D eigenvalue weighted by Crippen LogP contribution is 2.60. The second kappa shape index (κ2) is 5.62. The zero-order chi connectivity index (χ0) is 18.9. The van der Waals surface area contributed by atoms with Crippen LogP contribution in [0.1, 0.15) is 24.0 Å². The van der Waals surface area contributed by atoms with Crippen LogP contribution in [-0.4, -0.2) is 60.4 Å². The van der Waals surface area contributed by atoms with Crippen molar-refractivity contribution in [2.45, 2.75) is 31.3 Å². The molecule has 4 heterocycles. The molecular formula is C20H23N3O4. The molecule has 4 aliphatic rings. The second-order valence-corrected chi connectivity index (χ2v) is 8.00. The molecule has 1 spiro atoms. The van der Waals surface area contributed by atoms with Crippen LogP contribution in [0.25, 0.3) is 0 Å². The van der Waals surface area contributed by atoms with E-state index in [1.165, 1.54) is 4.90 Å². The van der Waals surface area contributed by atoms with Gasteiger partial charge in [0.15, 0.2) is 0 Å². The molecule has 5 rings (SSSR count). The number of carbonyl (C=O) groups is 3. The Labute approximate surface area is 157 Å². The standard InChI is InChI=1S/C20H23N3O4/c1-11-5-6-13-12(10-11)20(19(26)21-13)16-15(14-4-3-7-23(14)20)17(24)22(18(16)25)8-9-27-2/h5-6,10,14-16H,3-4,7-9H2,1-2H3,(H,21,26). The maximum absolute atomic E-state index is 13.4. The number of nitrogens with zero attached hydrogens (tertiary/aromatic N) is 2. The molecule has 4 atom stereocenters. The lowest BCUT2D eigenvalue weighted by Gasteiger charge is -2.36. The summed E-state index contributed by atoms with van der Waals surface area (Å²) in [6.45, 7) is 3.26. The first-order valence-electron chi connectivity index (χ1n) is 9.55. The van der Waals surface area contributed by atoms with Gasteiger partial charge in [0.1, 0.15) is 5.54 Å². The number of hydrogen-bond acceptors (Lipinski definition) is 5. The van der Waals surface area contributed by atoms with Gasteiger partial charge in [0, 0.05) is 24.4 Å². The molecule has 3 saturated heterocycles. The van der Waals surface area contributed by atoms with Crippen molar-refractivity contribution in [3.05, 3.63) is 29.3 Å². The largest absolute Gasteiger partial charge is 0.383 e. The van der Waals surface area contributed by atoms with Gasteiger partial charge in [-0.05, 0) is 32.4 Å². The fourth-order valence-electron chi connectivity index (χ4n) is 5.78. The van der Waals surface area contributed by atoms with E-state index in [0.29, 0.717) is 6.61 Å². The van der Waals surface area contributed by atoms with Crippen LogP contribution in [-0.2, 0) is 24.7 Å². The summed E-state index contributed by atoms with van der Waals surface area (Å²) in [5.41, 5.74) is 1.58. The summed E-state index contributed by atoms with van der Waals surface area (Å²) in [5.74, 6) is -1.66. The van der Waals surface area contributed by atoms with Gasteiger partial charge >= 0.3 is 0 Å². The fraction of sp³-hybridized carbons (Fsp3) is 0.550. The van der Waals surface area contributed by atoms with Gasteiger partial charge in [-0.15, -0.1) is 0 Å². The first-order valence-corrected chi connectivity index (χ1v) is 9.55. The number of hydrogen-bond donors (Lipinski definition) is 1. The average Bonchev–Trinajstić information content (AvgIpc) is 3.33. The number of aryl methyl sites for hydroxylation is 1. The van der Waals surface area contributed by atoms with E-state index in [2.05, 4.69) is 10.2 Å². The molecule has 3 amide bonds. The molecule has 7 heteroatoms. The van der Waals surface area contributed by atoms with Crippen LogP contribution in [0.5, 0.6) is 0 Å². The summed E-state index contributed by atoms with van der Waals surface area (Å²) < 4.78 is 5.08. The number of methoxy groups -OCH3 is 1. The summed E-state index contributed by atoms with van der Waals surface area (Å²) in [4.78, 5) is 43.4. The van der Waals surface area contributed by atoms with Crippen molar-refractivity contribution < 1.29 is 19.1 Å². The zero-order valence-corrected chi connectivity index (χ0v) is 15.5. The summed E-state index contributed by atoms with van der Waals surface area (Å²) in [6, 6.07) is 5.80. The molecule has 142 valence electrons. The Balaban J connectivity index is 1.69. The normalized spacial score (nSPS) is 34.4. The summed E-state index contributed by atoms with van der Waals surface area (Å²) in [6.07, 6.45) is 1.78. The predicted octanol–water partition coefficient (Wildman–Crippen LogP) is 0.868. The Hall–Kier alpha value is -2.25. The van der Waals surface area contributed by atoms with Crippen LogP contribution in [0, 0.1) is 18.8 Å². The zero-order valence-electron chi connectivity index (χ0n) is 15.5. The Kier molecular flexibility index (Phi) is 3.52. The molecule has 7 nitrogen and oxygen atoms in total. The van der Waals surface area contributed by atoms with Crippen molar-refractivity contribution >= 4 is 23.4 Å². The van der Waals surface area contributed by atoms with E-state index in [4.69, 9.17) is 4.74 Å². The molecule has 0 aliphatic carbocycles. The Morgan fingerprint density at radius 3 is 2.85 bits per heavy atom. The number of fused-ring (bicyclic) bond motifs is 7. The van der Waals surface area contributed by atoms with Gasteiger partial charge in [0.2, 0.25) is 17.7 Å². The minimum Gasteiger partial charge on any atom is -0.383 e. The van der Waals surface area contributed by atoms with Gasteiger partial charge in [-0.2, -0.15) is 0 Å². The number of rotatable bonds is 3. The molecule has 4 unspecified atom stereocenters. The number of imide groups is 1. The number of carbonyl (C=O) groups excluding carboxylic acids is 3. The van der Waals surface area contributed by atoms with Crippen LogP contribution in [0.3, 0.4) is 0 Å². The minimum atomic E-state index is -1.07. The monoisotopic (exact) mass is 369 g/mol. The minimum absolute atomic E-state index is 0.0591. The molecule has 1 N–H and O–H groups in total. The number of benzene rings is 1. The molecule has 0 saturated carbocycles. The summed E-state index contributed by atoms with van der Waals surface area (Å²) >= 11 is 0. The van der Waals surface area contributed by atoms with Crippen molar-refractivity contribution in [3.63, 3.8) is 0 Å². The van der Waals surface area contributed by atoms with Crippen LogP contribution in [0.4, 0.5) is 5.69 Å². The Bertz CT molecular complexity index is 869. The molecule has 27 heavy (non-hydrogen) atoms. The molecular weight excluding hydrogens is 346 g/mol. The molecule has 0 aromatic heterocycles. The van der Waals surface area contributed by atoms with E-state index in [1.54, 1.807) is 7.11 Å². The van der Waals surface area contributed by atoms with Crippen LogP contribution >= 0.6 is 0 Å². The summed E-state index contributed by atoms with van der Waals surface area (Å²) in [5, 5.41) is 2.99. The van der Waals surface area contributed by atoms with E-state index in [9.17, 15) is 14.4 Å². The second-order valence-electron chi connectivity index (χ2n) is 8.00. The van der Waals surface area contributed by atoms with Gasteiger partial charge in [-0.25, -0.2) is 0 Å². The number of anilines is 1. The number of likely N-dealkylation sites (tertiary alicyclic amines) is 1. The number of ether oxygens (including phenoxy) is 1. The maximum Gasteiger partial charge on any atom is 0.250 e. The highest BCUT2D eigenvalue weighted by atomic mass is 16.5. The highest BCUT2D eigenvalue weighted by molar-refractivity contribution is 6.15. The first-order chi connectivity index (χ1) is 13.0. The van der Waals surface area contributed by atoms with Crippen molar-refractivity contribution in [2.24, 2.45) is 11.8 Å². The molecule has 1 aromatic rings. The maximum atomic E-state index is 13.4. The Morgan fingerprint density at radius 1 is 1.26 bits per heavy atom. The van der Waals surface area contributed by atoms with Gasteiger partial charge in [-0.3, -0.25) is 24.2 Å². The first kappa shape index (κ1) is 16.9. The fourth-order valence-corrected chi connectivity index (χ4v) is 5.78. The van der Waals surface area contributed by atoms with E-state index < -0.39 is 17.4 Å². The lowest BCUT2D eigenvalue weighted by atomic mass is 9.75. The van der Waals surface area contributed by atoms with Crippen LogP contribution in [0.2, 0.25) is 0 Å². The third kappa shape index (κ3) is 1.91. The lowest BCUT2D eigenvalue weighted by Crippen LogP contribution is -2.54. The number of amides is 3. The van der Waals surface area contributed by atoms with Crippen molar-refractivity contribution in [3.8, 4) is 0 Å². The third-order valence-corrected chi connectivity index (χ3v) is 6.76. The molecule has 1 aromatic carbocycles.